The maximum atomic E-state index is 12.2. The molecule has 6 N–H and O–H groups in total. The molecule has 20 heteroatoms. The van der Waals surface area contributed by atoms with E-state index in [1.165, 1.54) is 30.3 Å². The van der Waals surface area contributed by atoms with Gasteiger partial charge in [0.2, 0.25) is 0 Å². The molecule has 0 saturated heterocycles. The second-order valence-corrected chi connectivity index (χ2v) is 15.1. The summed E-state index contributed by atoms with van der Waals surface area (Å²) in [6.07, 6.45) is 0. The van der Waals surface area contributed by atoms with Crippen LogP contribution in [0.25, 0.3) is 10.8 Å². The zero-order valence-corrected chi connectivity index (χ0v) is 25.3. The molecule has 0 radical (unpaired) electrons. The van der Waals surface area contributed by atoms with Crippen LogP contribution in [0, 0.1) is 0 Å². The van der Waals surface area contributed by atoms with E-state index in [9.17, 15) is 48.1 Å². The monoisotopic (exact) mass is 720 g/mol. The molecule has 4 rings (SSSR count). The maximum absolute atomic E-state index is 12.2. The standard InChI is InChI=1S/C22H15AsCl2N4O11S2/c24-12-5-3-6-13(25)18(12)27-29-20-16(42(38,39)40)9-10-8-15(41(35,36)37)19(21(30)17(10)22(20)31)28-26-14-7-2-1-4-11(14)23(32,33)34/h1-9,30-31H,(H2,32,33,34)(H,35,36,37)(H,38,39,40). The van der Waals surface area contributed by atoms with Crippen molar-refractivity contribution in [3.63, 3.8) is 0 Å². The van der Waals surface area contributed by atoms with Crippen molar-refractivity contribution in [1.29, 1.82) is 0 Å². The van der Waals surface area contributed by atoms with E-state index in [2.05, 4.69) is 20.5 Å². The Morgan fingerprint density at radius 2 is 1.12 bits per heavy atom. The molecule has 0 fully saturated rings. The fourth-order valence-corrected chi connectivity index (χ4v) is 6.88. The van der Waals surface area contributed by atoms with Gasteiger partial charge in [0.25, 0.3) is 0 Å². The Balaban J connectivity index is 2.06. The summed E-state index contributed by atoms with van der Waals surface area (Å²) in [6, 6.07) is 10.2. The second kappa shape index (κ2) is 11.4. The molecule has 0 unspecified atom stereocenters. The van der Waals surface area contributed by atoms with Gasteiger partial charge in [-0.3, -0.25) is 0 Å². The average Bonchev–Trinajstić information content (AvgIpc) is 2.86. The summed E-state index contributed by atoms with van der Waals surface area (Å²) in [6.45, 7) is 0. The Kier molecular flexibility index (Phi) is 8.54. The second-order valence-electron chi connectivity index (χ2n) is 8.20. The fraction of sp³-hybridized carbons (Fsp3) is 0. The summed E-state index contributed by atoms with van der Waals surface area (Å²) >= 11 is 6.49. The van der Waals surface area contributed by atoms with Crippen LogP contribution >= 0.6 is 23.2 Å². The summed E-state index contributed by atoms with van der Waals surface area (Å²) in [5.74, 6) is -2.34. The summed E-state index contributed by atoms with van der Waals surface area (Å²) < 4.78 is 98.8. The van der Waals surface area contributed by atoms with Gasteiger partial charge < -0.3 is 0 Å². The van der Waals surface area contributed by atoms with Crippen LogP contribution in [0.3, 0.4) is 0 Å². The minimum absolute atomic E-state index is 0.0276. The quantitative estimate of drug-likeness (QED) is 0.0883. The summed E-state index contributed by atoms with van der Waals surface area (Å²) in [5.41, 5.74) is -2.52. The molecule has 0 aliphatic carbocycles. The van der Waals surface area contributed by atoms with Crippen LogP contribution in [0.15, 0.2) is 84.8 Å². The Bertz CT molecular complexity index is 2080. The summed E-state index contributed by atoms with van der Waals surface area (Å²) in [7, 11) is -10.4. The Labute approximate surface area is 248 Å². The Morgan fingerprint density at radius 3 is 1.60 bits per heavy atom. The topological polar surface area (TPSA) is 256 Å². The third kappa shape index (κ3) is 6.34. The predicted molar refractivity (Wildman–Crippen MR) is 149 cm³/mol. The molecule has 0 heterocycles. The van der Waals surface area contributed by atoms with Gasteiger partial charge in [-0.2, -0.15) is 0 Å². The van der Waals surface area contributed by atoms with E-state index >= 15 is 0 Å². The van der Waals surface area contributed by atoms with E-state index in [1.807, 2.05) is 0 Å². The van der Waals surface area contributed by atoms with Crippen LogP contribution in [0.5, 0.6) is 11.5 Å². The number of phenolic OH excluding ortho intramolecular Hbond substituents is 2. The zero-order chi connectivity index (χ0) is 31.2. The van der Waals surface area contributed by atoms with Gasteiger partial charge in [0.15, 0.2) is 0 Å². The van der Waals surface area contributed by atoms with Gasteiger partial charge in [-0.05, 0) is 12.1 Å². The zero-order valence-electron chi connectivity index (χ0n) is 20.2. The number of aromatic hydroxyl groups is 2. The van der Waals surface area contributed by atoms with Crippen molar-refractivity contribution in [3.8, 4) is 11.5 Å². The average molecular weight is 721 g/mol. The van der Waals surface area contributed by atoms with Crippen molar-refractivity contribution in [2.45, 2.75) is 9.79 Å². The first kappa shape index (κ1) is 31.6. The number of hydrogen-bond donors (Lipinski definition) is 6. The van der Waals surface area contributed by atoms with Crippen molar-refractivity contribution in [1.82, 2.24) is 0 Å². The first-order valence-corrected chi connectivity index (χ1v) is 17.9. The third-order valence-corrected chi connectivity index (χ3v) is 9.90. The van der Waals surface area contributed by atoms with Gasteiger partial charge in [0.1, 0.15) is 0 Å². The molecule has 0 amide bonds. The van der Waals surface area contributed by atoms with Gasteiger partial charge in [0, 0.05) is 0 Å². The van der Waals surface area contributed by atoms with Gasteiger partial charge in [-0.1, -0.05) is 29.3 Å². The third-order valence-electron chi connectivity index (χ3n) is 5.45. The summed E-state index contributed by atoms with van der Waals surface area (Å²) in [4.78, 5) is -2.24. The molecule has 42 heavy (non-hydrogen) atoms. The van der Waals surface area contributed by atoms with Crippen molar-refractivity contribution >= 4 is 95.5 Å². The van der Waals surface area contributed by atoms with Crippen molar-refractivity contribution in [2.75, 3.05) is 0 Å². The van der Waals surface area contributed by atoms with E-state index in [4.69, 9.17) is 23.2 Å². The van der Waals surface area contributed by atoms with Crippen LogP contribution in [0.2, 0.25) is 10.0 Å². The van der Waals surface area contributed by atoms with Gasteiger partial charge in [0.05, 0.1) is 10.0 Å². The first-order chi connectivity index (χ1) is 19.4. The Hall–Kier alpha value is -3.38. The molecule has 0 aromatic heterocycles. The number of nitrogens with zero attached hydrogens (tertiary/aromatic N) is 4. The molecule has 0 aliphatic heterocycles. The summed E-state index contributed by atoms with van der Waals surface area (Å²) in [5, 5.41) is 35.3. The molecule has 0 aliphatic rings. The molecule has 0 atom stereocenters. The van der Waals surface area contributed by atoms with Crippen molar-refractivity contribution < 1.29 is 48.1 Å². The van der Waals surface area contributed by atoms with Gasteiger partial charge in [-0.25, -0.2) is 0 Å². The molecule has 220 valence electrons. The van der Waals surface area contributed by atoms with E-state index in [1.54, 1.807) is 0 Å². The van der Waals surface area contributed by atoms with E-state index in [-0.39, 0.29) is 15.7 Å². The van der Waals surface area contributed by atoms with Gasteiger partial charge >= 0.3 is 199 Å². The fourth-order valence-electron chi connectivity index (χ4n) is 3.63. The molecular formula is C22H15AsCl2N4O11S2. The van der Waals surface area contributed by atoms with Crippen LogP contribution in [-0.4, -0.2) is 58.5 Å². The minimum atomic E-state index is -5.57. The van der Waals surface area contributed by atoms with Crippen molar-refractivity contribution in [2.24, 2.45) is 20.5 Å². The first-order valence-electron chi connectivity index (χ1n) is 10.8. The molecule has 0 saturated carbocycles. The number of halogens is 2. The number of rotatable bonds is 7. The van der Waals surface area contributed by atoms with E-state index in [0.717, 1.165) is 12.1 Å². The molecule has 4 aromatic carbocycles. The molecule has 15 nitrogen and oxygen atoms in total. The Morgan fingerprint density at radius 1 is 0.667 bits per heavy atom. The molecule has 0 bridgehead atoms. The number of hydrogen-bond acceptors (Lipinski definition) is 11. The van der Waals surface area contributed by atoms with Crippen LogP contribution in [0.1, 0.15) is 0 Å². The number of fused-ring (bicyclic) bond motifs is 1. The number of benzene rings is 4. The van der Waals surface area contributed by atoms with Crippen molar-refractivity contribution in [3.05, 3.63) is 64.6 Å². The number of azo groups is 2. The SMILES string of the molecule is O=S(=O)(O)c1cc2cc(S(=O)(=O)O)c(N=Nc3c(Cl)cccc3Cl)c(O)c2c(O)c1N=Nc1ccccc1[As](=O)(O)O. The normalized spacial score (nSPS) is 13.0. The van der Waals surface area contributed by atoms with E-state index < -0.39 is 87.9 Å². The van der Waals surface area contributed by atoms with E-state index in [0.29, 0.717) is 12.1 Å². The van der Waals surface area contributed by atoms with Crippen LogP contribution in [0.4, 0.5) is 22.7 Å². The van der Waals surface area contributed by atoms with Crippen LogP contribution in [-0.2, 0) is 24.0 Å². The molecule has 0 spiro atoms. The molecule has 4 aromatic rings. The predicted octanol–water partition coefficient (Wildman–Crippen LogP) is 4.44. The molecular weight excluding hydrogens is 706 g/mol. The van der Waals surface area contributed by atoms with Crippen LogP contribution < -0.4 is 4.35 Å². The van der Waals surface area contributed by atoms with Gasteiger partial charge in [-0.15, -0.1) is 0 Å². The number of phenols is 2.